The van der Waals surface area contributed by atoms with Crippen molar-refractivity contribution in [3.8, 4) is 0 Å². The molecule has 1 heterocycles. The third-order valence-electron chi connectivity index (χ3n) is 3.25. The molecular weight excluding hydrogens is 198 g/mol. The molecule has 0 saturated heterocycles. The lowest BCUT2D eigenvalue weighted by atomic mass is 9.99. The van der Waals surface area contributed by atoms with Crippen molar-refractivity contribution in [3.63, 3.8) is 0 Å². The van der Waals surface area contributed by atoms with E-state index >= 15 is 0 Å². The summed E-state index contributed by atoms with van der Waals surface area (Å²) >= 11 is 0. The minimum atomic E-state index is 0.394. The molecular formula is C13H25N3. The summed E-state index contributed by atoms with van der Waals surface area (Å²) in [7, 11) is 0. The molecule has 0 atom stereocenters. The first-order valence-corrected chi connectivity index (χ1v) is 6.43. The van der Waals surface area contributed by atoms with Gasteiger partial charge >= 0.3 is 0 Å². The van der Waals surface area contributed by atoms with Crippen LogP contribution in [-0.4, -0.2) is 9.55 Å². The van der Waals surface area contributed by atoms with Crippen LogP contribution in [0.3, 0.4) is 0 Å². The third-order valence-corrected chi connectivity index (χ3v) is 3.25. The first-order valence-electron chi connectivity index (χ1n) is 6.43. The van der Waals surface area contributed by atoms with Gasteiger partial charge in [0, 0.05) is 18.4 Å². The lowest BCUT2D eigenvalue weighted by Gasteiger charge is -2.14. The Bertz CT molecular complexity index is 335. The summed E-state index contributed by atoms with van der Waals surface area (Å²) in [5.41, 5.74) is 7.34. The highest BCUT2D eigenvalue weighted by Gasteiger charge is 2.20. The molecule has 1 rings (SSSR count). The number of aromatic nitrogens is 2. The van der Waals surface area contributed by atoms with Crippen molar-refractivity contribution in [3.05, 3.63) is 11.5 Å². The molecule has 0 fully saturated rings. The van der Waals surface area contributed by atoms with E-state index < -0.39 is 0 Å². The lowest BCUT2D eigenvalue weighted by Crippen LogP contribution is -2.09. The summed E-state index contributed by atoms with van der Waals surface area (Å²) in [4.78, 5) is 4.73. The molecule has 16 heavy (non-hydrogen) atoms. The van der Waals surface area contributed by atoms with Crippen molar-refractivity contribution in [1.29, 1.82) is 0 Å². The van der Waals surface area contributed by atoms with Crippen LogP contribution in [0.1, 0.15) is 70.9 Å². The van der Waals surface area contributed by atoms with Crippen LogP contribution in [0.15, 0.2) is 0 Å². The van der Waals surface area contributed by atoms with Crippen molar-refractivity contribution in [2.75, 3.05) is 5.73 Å². The van der Waals surface area contributed by atoms with Crippen molar-refractivity contribution < 1.29 is 0 Å². The van der Waals surface area contributed by atoms with Gasteiger partial charge in [-0.3, -0.25) is 0 Å². The van der Waals surface area contributed by atoms with Crippen LogP contribution in [0.4, 0.5) is 5.82 Å². The maximum absolute atomic E-state index is 6.23. The smallest absolute Gasteiger partial charge is 0.127 e. The number of rotatable bonds is 5. The van der Waals surface area contributed by atoms with E-state index in [1.54, 1.807) is 0 Å². The Morgan fingerprint density at radius 1 is 1.19 bits per heavy atom. The highest BCUT2D eigenvalue weighted by atomic mass is 15.2. The molecule has 0 bridgehead atoms. The lowest BCUT2D eigenvalue weighted by molar-refractivity contribution is 0.578. The van der Waals surface area contributed by atoms with Crippen LogP contribution in [-0.2, 0) is 6.42 Å². The fourth-order valence-corrected chi connectivity index (χ4v) is 2.31. The van der Waals surface area contributed by atoms with Gasteiger partial charge in [-0.2, -0.15) is 0 Å². The maximum Gasteiger partial charge on any atom is 0.127 e. The van der Waals surface area contributed by atoms with E-state index in [0.717, 1.165) is 36.6 Å². The van der Waals surface area contributed by atoms with Crippen molar-refractivity contribution in [2.24, 2.45) is 0 Å². The molecule has 3 nitrogen and oxygen atoms in total. The Morgan fingerprint density at radius 2 is 1.75 bits per heavy atom. The first kappa shape index (κ1) is 13.1. The molecule has 2 N–H and O–H groups in total. The van der Waals surface area contributed by atoms with Gasteiger partial charge in [0.2, 0.25) is 0 Å². The second kappa shape index (κ2) is 5.37. The van der Waals surface area contributed by atoms with Gasteiger partial charge in [0.25, 0.3) is 0 Å². The second-order valence-electron chi connectivity index (χ2n) is 4.63. The van der Waals surface area contributed by atoms with E-state index in [9.17, 15) is 0 Å². The number of anilines is 1. The van der Waals surface area contributed by atoms with Gasteiger partial charge < -0.3 is 10.3 Å². The number of nitrogens with zero attached hydrogens (tertiary/aromatic N) is 2. The minimum absolute atomic E-state index is 0.394. The van der Waals surface area contributed by atoms with Gasteiger partial charge in [-0.1, -0.05) is 20.8 Å². The average molecular weight is 223 g/mol. The summed E-state index contributed by atoms with van der Waals surface area (Å²) in [6.07, 6.45) is 3.17. The summed E-state index contributed by atoms with van der Waals surface area (Å²) < 4.78 is 2.17. The summed E-state index contributed by atoms with van der Waals surface area (Å²) in [5, 5.41) is 0. The Labute approximate surface area is 99.1 Å². The number of imidazole rings is 1. The summed E-state index contributed by atoms with van der Waals surface area (Å²) in [6.45, 7) is 10.9. The predicted molar refractivity (Wildman–Crippen MR) is 69.7 cm³/mol. The van der Waals surface area contributed by atoms with E-state index in [1.165, 1.54) is 0 Å². The van der Waals surface area contributed by atoms with Crippen LogP contribution in [0.5, 0.6) is 0 Å². The standard InChI is InChI=1S/C13H25N3/c1-6-10(7-2)12-13(14)16(9(4)5)11(8-3)15-12/h9-10H,6-8,14H2,1-5H3. The molecule has 1 aromatic heterocycles. The Hall–Kier alpha value is -0.990. The highest BCUT2D eigenvalue weighted by Crippen LogP contribution is 2.30. The fourth-order valence-electron chi connectivity index (χ4n) is 2.31. The number of nitrogen functional groups attached to an aromatic ring is 1. The second-order valence-corrected chi connectivity index (χ2v) is 4.63. The normalized spacial score (nSPS) is 11.7. The largest absolute Gasteiger partial charge is 0.384 e. The number of hydrogen-bond acceptors (Lipinski definition) is 2. The van der Waals surface area contributed by atoms with Crippen molar-refractivity contribution in [1.82, 2.24) is 9.55 Å². The molecule has 0 spiro atoms. The predicted octanol–water partition coefficient (Wildman–Crippen LogP) is 3.51. The van der Waals surface area contributed by atoms with Crippen molar-refractivity contribution in [2.45, 2.75) is 65.8 Å². The quantitative estimate of drug-likeness (QED) is 0.830. The van der Waals surface area contributed by atoms with Crippen LogP contribution < -0.4 is 5.73 Å². The van der Waals surface area contributed by atoms with E-state index in [0.29, 0.717) is 12.0 Å². The van der Waals surface area contributed by atoms with Gasteiger partial charge in [-0.15, -0.1) is 0 Å². The van der Waals surface area contributed by atoms with Crippen LogP contribution >= 0.6 is 0 Å². The zero-order valence-electron chi connectivity index (χ0n) is 11.2. The molecule has 1 aromatic rings. The molecule has 0 amide bonds. The minimum Gasteiger partial charge on any atom is -0.384 e. The molecule has 0 saturated carbocycles. The Kier molecular flexibility index (Phi) is 4.39. The topological polar surface area (TPSA) is 43.8 Å². The van der Waals surface area contributed by atoms with Crippen LogP contribution in [0.25, 0.3) is 0 Å². The zero-order valence-corrected chi connectivity index (χ0v) is 11.2. The number of nitrogens with two attached hydrogens (primary N) is 1. The average Bonchev–Trinajstić information content (AvgIpc) is 2.58. The number of aryl methyl sites for hydroxylation is 1. The first-order chi connectivity index (χ1) is 7.56. The van der Waals surface area contributed by atoms with E-state index in [4.69, 9.17) is 10.7 Å². The molecule has 0 aliphatic rings. The van der Waals surface area contributed by atoms with Gasteiger partial charge in [0.05, 0.1) is 5.69 Å². The highest BCUT2D eigenvalue weighted by molar-refractivity contribution is 5.41. The van der Waals surface area contributed by atoms with E-state index in [1.807, 2.05) is 0 Å². The fraction of sp³-hybridized carbons (Fsp3) is 0.769. The van der Waals surface area contributed by atoms with Crippen molar-refractivity contribution >= 4 is 5.82 Å². The van der Waals surface area contributed by atoms with E-state index in [-0.39, 0.29) is 0 Å². The van der Waals surface area contributed by atoms with Crippen LogP contribution in [0, 0.1) is 0 Å². The molecule has 0 aromatic carbocycles. The van der Waals surface area contributed by atoms with E-state index in [2.05, 4.69) is 39.2 Å². The third kappa shape index (κ3) is 2.23. The van der Waals surface area contributed by atoms with Gasteiger partial charge in [0.15, 0.2) is 0 Å². The zero-order chi connectivity index (χ0) is 12.3. The summed E-state index contributed by atoms with van der Waals surface area (Å²) in [6, 6.07) is 0.394. The monoisotopic (exact) mass is 223 g/mol. The van der Waals surface area contributed by atoms with Gasteiger partial charge in [0.1, 0.15) is 11.6 Å². The van der Waals surface area contributed by atoms with Gasteiger partial charge in [-0.05, 0) is 26.7 Å². The Morgan fingerprint density at radius 3 is 2.06 bits per heavy atom. The summed E-state index contributed by atoms with van der Waals surface area (Å²) in [5.74, 6) is 2.50. The molecule has 0 radical (unpaired) electrons. The molecule has 0 unspecified atom stereocenters. The molecule has 92 valence electrons. The SMILES string of the molecule is CCc1nc(C(CC)CC)c(N)n1C(C)C. The van der Waals surface area contributed by atoms with Crippen LogP contribution in [0.2, 0.25) is 0 Å². The Balaban J connectivity index is 3.22. The number of hydrogen-bond donors (Lipinski definition) is 1. The molecule has 0 aliphatic heterocycles. The molecule has 0 aliphatic carbocycles. The maximum atomic E-state index is 6.23. The van der Waals surface area contributed by atoms with Gasteiger partial charge in [-0.25, -0.2) is 4.98 Å². The molecule has 3 heteroatoms.